The van der Waals surface area contributed by atoms with Crippen LogP contribution in [0.2, 0.25) is 0 Å². The van der Waals surface area contributed by atoms with Gasteiger partial charge in [0, 0.05) is 21.8 Å². The molecule has 0 amide bonds. The second-order valence-corrected chi connectivity index (χ2v) is 6.16. The number of rotatable bonds is 5. The number of aliphatic hydroxyl groups excluding tert-OH is 1. The topological polar surface area (TPSA) is 37.3 Å². The molecule has 0 aromatic heterocycles. The van der Waals surface area contributed by atoms with Crippen LogP contribution in [0.3, 0.4) is 0 Å². The van der Waals surface area contributed by atoms with Crippen molar-refractivity contribution in [2.45, 2.75) is 4.90 Å². The van der Waals surface area contributed by atoms with Crippen molar-refractivity contribution in [2.24, 2.45) is 0 Å². The van der Waals surface area contributed by atoms with E-state index in [0.29, 0.717) is 16.9 Å². The third-order valence-electron chi connectivity index (χ3n) is 3.49. The van der Waals surface area contributed by atoms with Gasteiger partial charge in [-0.1, -0.05) is 36.4 Å². The zero-order valence-corrected chi connectivity index (χ0v) is 12.8. The number of aliphatic hydroxyl groups is 1. The molecule has 0 aliphatic heterocycles. The van der Waals surface area contributed by atoms with Crippen LogP contribution in [-0.2, 0) is 0 Å². The Labute approximate surface area is 133 Å². The van der Waals surface area contributed by atoms with Crippen molar-refractivity contribution in [3.63, 3.8) is 0 Å². The molecule has 0 heterocycles. The summed E-state index contributed by atoms with van der Waals surface area (Å²) >= 11 is 1.58. The third kappa shape index (κ3) is 3.21. The molecule has 0 aliphatic carbocycles. The van der Waals surface area contributed by atoms with Crippen LogP contribution in [-0.4, -0.2) is 23.2 Å². The van der Waals surface area contributed by atoms with E-state index in [1.165, 1.54) is 0 Å². The molecule has 0 saturated carbocycles. The fourth-order valence-corrected chi connectivity index (χ4v) is 3.02. The number of ketones is 1. The first kappa shape index (κ1) is 14.8. The summed E-state index contributed by atoms with van der Waals surface area (Å²) in [5.41, 5.74) is 1.39. The van der Waals surface area contributed by atoms with Crippen LogP contribution in [0.25, 0.3) is 10.8 Å². The van der Waals surface area contributed by atoms with E-state index >= 15 is 0 Å². The highest BCUT2D eigenvalue weighted by atomic mass is 32.2. The maximum Gasteiger partial charge on any atom is 0.193 e. The predicted octanol–water partition coefficient (Wildman–Crippen LogP) is 4.16. The van der Waals surface area contributed by atoms with Crippen LogP contribution in [0, 0.1) is 0 Å². The average molecular weight is 308 g/mol. The van der Waals surface area contributed by atoms with Gasteiger partial charge in [0.1, 0.15) is 0 Å². The Morgan fingerprint density at radius 3 is 2.27 bits per heavy atom. The normalized spacial score (nSPS) is 10.8. The van der Waals surface area contributed by atoms with E-state index in [-0.39, 0.29) is 12.4 Å². The van der Waals surface area contributed by atoms with E-state index in [1.807, 2.05) is 66.7 Å². The van der Waals surface area contributed by atoms with Crippen molar-refractivity contribution in [2.75, 3.05) is 12.4 Å². The molecule has 0 unspecified atom stereocenters. The molecule has 0 aliphatic rings. The molecular weight excluding hydrogens is 292 g/mol. The molecule has 110 valence electrons. The second-order valence-electron chi connectivity index (χ2n) is 4.99. The van der Waals surface area contributed by atoms with E-state index in [0.717, 1.165) is 15.7 Å². The minimum Gasteiger partial charge on any atom is -0.396 e. The Kier molecular flexibility index (Phi) is 4.56. The fraction of sp³-hybridized carbons (Fsp3) is 0.105. The van der Waals surface area contributed by atoms with Crippen molar-refractivity contribution in [1.82, 2.24) is 0 Å². The molecular formula is C19H16O2S. The number of carbonyl (C=O) groups is 1. The molecule has 0 fully saturated rings. The Morgan fingerprint density at radius 2 is 1.55 bits per heavy atom. The first-order valence-corrected chi connectivity index (χ1v) is 8.14. The Balaban J connectivity index is 1.85. The highest BCUT2D eigenvalue weighted by molar-refractivity contribution is 7.99. The maximum atomic E-state index is 12.6. The number of carbonyl (C=O) groups excluding carboxylic acids is 1. The molecule has 22 heavy (non-hydrogen) atoms. The van der Waals surface area contributed by atoms with Gasteiger partial charge in [-0.2, -0.15) is 0 Å². The summed E-state index contributed by atoms with van der Waals surface area (Å²) in [5.74, 6) is 0.697. The molecule has 3 aromatic rings. The lowest BCUT2D eigenvalue weighted by Gasteiger charge is -2.05. The van der Waals surface area contributed by atoms with Crippen LogP contribution in [0.4, 0.5) is 0 Å². The summed E-state index contributed by atoms with van der Waals surface area (Å²) in [6.45, 7) is 0.155. The lowest BCUT2D eigenvalue weighted by molar-refractivity contribution is 0.103. The average Bonchev–Trinajstić information content (AvgIpc) is 2.59. The number of hydrogen-bond donors (Lipinski definition) is 1. The number of thioether (sulfide) groups is 1. The molecule has 3 heteroatoms. The number of benzene rings is 3. The van der Waals surface area contributed by atoms with Crippen LogP contribution < -0.4 is 0 Å². The molecule has 1 N–H and O–H groups in total. The smallest absolute Gasteiger partial charge is 0.193 e. The summed E-state index contributed by atoms with van der Waals surface area (Å²) in [5, 5.41) is 11.0. The lowest BCUT2D eigenvalue weighted by Crippen LogP contribution is -2.01. The third-order valence-corrected chi connectivity index (χ3v) is 4.48. The van der Waals surface area contributed by atoms with Gasteiger partial charge in [-0.25, -0.2) is 0 Å². The van der Waals surface area contributed by atoms with Crippen LogP contribution in [0.15, 0.2) is 71.6 Å². The van der Waals surface area contributed by atoms with Gasteiger partial charge in [-0.15, -0.1) is 11.8 Å². The van der Waals surface area contributed by atoms with Crippen LogP contribution >= 0.6 is 11.8 Å². The molecule has 0 radical (unpaired) electrons. The van der Waals surface area contributed by atoms with Crippen molar-refractivity contribution in [1.29, 1.82) is 0 Å². The standard InChI is InChI=1S/C19H16O2S/c20-11-12-22-18-9-7-15(8-10-18)19(21)17-6-5-14-3-1-2-4-16(14)13-17/h1-10,13,20H,11-12H2. The van der Waals surface area contributed by atoms with Gasteiger partial charge < -0.3 is 5.11 Å². The predicted molar refractivity (Wildman–Crippen MR) is 91.6 cm³/mol. The summed E-state index contributed by atoms with van der Waals surface area (Å²) in [4.78, 5) is 13.6. The first-order chi connectivity index (χ1) is 10.8. The highest BCUT2D eigenvalue weighted by Gasteiger charge is 2.09. The zero-order chi connectivity index (χ0) is 15.4. The van der Waals surface area contributed by atoms with Gasteiger partial charge in [-0.05, 0) is 41.1 Å². The van der Waals surface area contributed by atoms with Gasteiger partial charge in [-0.3, -0.25) is 4.79 Å². The molecule has 0 bridgehead atoms. The summed E-state index contributed by atoms with van der Waals surface area (Å²) in [6, 6.07) is 21.4. The summed E-state index contributed by atoms with van der Waals surface area (Å²) in [6.07, 6.45) is 0. The molecule has 2 nitrogen and oxygen atoms in total. The van der Waals surface area contributed by atoms with Gasteiger partial charge in [0.05, 0.1) is 6.61 Å². The minimum atomic E-state index is 0.0319. The minimum absolute atomic E-state index is 0.0319. The lowest BCUT2D eigenvalue weighted by atomic mass is 10.00. The van der Waals surface area contributed by atoms with E-state index in [1.54, 1.807) is 11.8 Å². The Morgan fingerprint density at radius 1 is 0.864 bits per heavy atom. The monoisotopic (exact) mass is 308 g/mol. The quantitative estimate of drug-likeness (QED) is 0.568. The van der Waals surface area contributed by atoms with Crippen molar-refractivity contribution >= 4 is 28.3 Å². The van der Waals surface area contributed by atoms with E-state index in [9.17, 15) is 4.79 Å². The van der Waals surface area contributed by atoms with Crippen LogP contribution in [0.5, 0.6) is 0 Å². The largest absolute Gasteiger partial charge is 0.396 e. The van der Waals surface area contributed by atoms with E-state index in [2.05, 4.69) is 0 Å². The molecule has 3 aromatic carbocycles. The highest BCUT2D eigenvalue weighted by Crippen LogP contribution is 2.21. The molecule has 0 atom stereocenters. The van der Waals surface area contributed by atoms with Crippen molar-refractivity contribution in [3.05, 3.63) is 77.9 Å². The zero-order valence-electron chi connectivity index (χ0n) is 12.0. The summed E-state index contributed by atoms with van der Waals surface area (Å²) in [7, 11) is 0. The fourth-order valence-electron chi connectivity index (χ4n) is 2.36. The van der Waals surface area contributed by atoms with Crippen LogP contribution in [0.1, 0.15) is 15.9 Å². The maximum absolute atomic E-state index is 12.6. The molecule has 0 saturated heterocycles. The van der Waals surface area contributed by atoms with Gasteiger partial charge in [0.25, 0.3) is 0 Å². The van der Waals surface area contributed by atoms with Gasteiger partial charge >= 0.3 is 0 Å². The Hall–Kier alpha value is -2.10. The van der Waals surface area contributed by atoms with Crippen molar-refractivity contribution in [3.8, 4) is 0 Å². The number of hydrogen-bond acceptors (Lipinski definition) is 3. The van der Waals surface area contributed by atoms with E-state index in [4.69, 9.17) is 5.11 Å². The molecule has 3 rings (SSSR count). The van der Waals surface area contributed by atoms with Gasteiger partial charge in [0.15, 0.2) is 5.78 Å². The SMILES string of the molecule is O=C(c1ccc(SCCO)cc1)c1ccc2ccccc2c1. The molecule has 0 spiro atoms. The van der Waals surface area contributed by atoms with E-state index < -0.39 is 0 Å². The second kappa shape index (κ2) is 6.77. The van der Waals surface area contributed by atoms with Gasteiger partial charge in [0.2, 0.25) is 0 Å². The van der Waals surface area contributed by atoms with Crippen molar-refractivity contribution < 1.29 is 9.90 Å². The summed E-state index contributed by atoms with van der Waals surface area (Å²) < 4.78 is 0. The first-order valence-electron chi connectivity index (χ1n) is 7.15. The Bertz CT molecular complexity index is 794. The number of fused-ring (bicyclic) bond motifs is 1.